The molecule has 21 heavy (non-hydrogen) atoms. The van der Waals surface area contributed by atoms with Crippen molar-refractivity contribution in [3.05, 3.63) is 34.6 Å². The molecular formula is C17H26ClFN2. The molecule has 1 saturated heterocycles. The molecule has 2 atom stereocenters. The predicted molar refractivity (Wildman–Crippen MR) is 87.1 cm³/mol. The molecule has 1 heterocycles. The zero-order valence-electron chi connectivity index (χ0n) is 13.2. The van der Waals surface area contributed by atoms with Crippen molar-refractivity contribution in [3.8, 4) is 0 Å². The zero-order valence-corrected chi connectivity index (χ0v) is 14.0. The van der Waals surface area contributed by atoms with E-state index in [2.05, 4.69) is 31.0 Å². The van der Waals surface area contributed by atoms with Crippen molar-refractivity contribution < 1.29 is 4.39 Å². The molecule has 0 amide bonds. The number of hydrogen-bond donors (Lipinski definition) is 1. The largest absolute Gasteiger partial charge is 0.313 e. The maximum absolute atomic E-state index is 13.3. The summed E-state index contributed by atoms with van der Waals surface area (Å²) in [5.41, 5.74) is 1.08. The van der Waals surface area contributed by atoms with E-state index in [1.807, 2.05) is 6.07 Å². The van der Waals surface area contributed by atoms with Gasteiger partial charge in [-0.15, -0.1) is 0 Å². The highest BCUT2D eigenvalue weighted by Crippen LogP contribution is 2.20. The highest BCUT2D eigenvalue weighted by molar-refractivity contribution is 6.30. The number of rotatable bonds is 4. The van der Waals surface area contributed by atoms with Gasteiger partial charge in [0.1, 0.15) is 5.82 Å². The fourth-order valence-electron chi connectivity index (χ4n) is 3.03. The van der Waals surface area contributed by atoms with Crippen LogP contribution in [0.5, 0.6) is 0 Å². The van der Waals surface area contributed by atoms with Gasteiger partial charge >= 0.3 is 0 Å². The van der Waals surface area contributed by atoms with Crippen LogP contribution in [-0.4, -0.2) is 30.1 Å². The van der Waals surface area contributed by atoms with E-state index in [9.17, 15) is 4.39 Å². The Morgan fingerprint density at radius 2 is 2.19 bits per heavy atom. The Hall–Kier alpha value is -0.640. The van der Waals surface area contributed by atoms with Crippen LogP contribution in [0.25, 0.3) is 0 Å². The summed E-state index contributed by atoms with van der Waals surface area (Å²) in [5.74, 6) is 0.349. The summed E-state index contributed by atoms with van der Waals surface area (Å²) in [6, 6.07) is 6.11. The predicted octanol–water partition coefficient (Wildman–Crippen LogP) is 4.08. The van der Waals surface area contributed by atoms with Gasteiger partial charge in [-0.25, -0.2) is 4.39 Å². The Morgan fingerprint density at radius 1 is 1.43 bits per heavy atom. The van der Waals surface area contributed by atoms with Crippen LogP contribution in [0, 0.1) is 11.7 Å². The molecule has 118 valence electrons. The Labute approximate surface area is 132 Å². The second-order valence-electron chi connectivity index (χ2n) is 6.60. The van der Waals surface area contributed by atoms with Gasteiger partial charge in [-0.2, -0.15) is 0 Å². The maximum Gasteiger partial charge on any atom is 0.141 e. The second-order valence-corrected chi connectivity index (χ2v) is 7.00. The van der Waals surface area contributed by atoms with E-state index in [1.165, 1.54) is 12.5 Å². The van der Waals surface area contributed by atoms with Crippen LogP contribution < -0.4 is 5.32 Å². The monoisotopic (exact) mass is 312 g/mol. The van der Waals surface area contributed by atoms with Crippen LogP contribution in [0.1, 0.15) is 39.2 Å². The molecule has 0 saturated carbocycles. The van der Waals surface area contributed by atoms with E-state index in [0.29, 0.717) is 18.0 Å². The Bertz CT molecular complexity index is 464. The topological polar surface area (TPSA) is 15.3 Å². The normalized spacial score (nSPS) is 24.3. The lowest BCUT2D eigenvalue weighted by Gasteiger charge is -2.29. The van der Waals surface area contributed by atoms with E-state index in [4.69, 9.17) is 11.6 Å². The van der Waals surface area contributed by atoms with E-state index in [1.54, 1.807) is 6.07 Å². The van der Waals surface area contributed by atoms with Crippen LogP contribution in [-0.2, 0) is 6.54 Å². The van der Waals surface area contributed by atoms with E-state index in [-0.39, 0.29) is 10.8 Å². The molecule has 0 spiro atoms. The standard InChI is InChI=1S/C17H26ClFN2/c1-12(2)8-15-11-21(13(3)6-7-20-15)10-14-4-5-17(19)16(18)9-14/h4-5,9,12-13,15,20H,6-8,10-11H2,1-3H3. The van der Waals surface area contributed by atoms with Gasteiger partial charge in [-0.05, 0) is 49.9 Å². The molecule has 0 bridgehead atoms. The SMILES string of the molecule is CC(C)CC1CN(Cc2ccc(F)c(Cl)c2)C(C)CCN1. The molecule has 2 nitrogen and oxygen atoms in total. The van der Waals surface area contributed by atoms with Gasteiger partial charge in [-0.1, -0.05) is 31.5 Å². The van der Waals surface area contributed by atoms with Gasteiger partial charge in [-0.3, -0.25) is 4.90 Å². The minimum atomic E-state index is -0.344. The average molecular weight is 313 g/mol. The minimum Gasteiger partial charge on any atom is -0.313 e. The summed E-state index contributed by atoms with van der Waals surface area (Å²) in [6.07, 6.45) is 2.33. The molecule has 1 aromatic rings. The molecule has 0 radical (unpaired) electrons. The van der Waals surface area contributed by atoms with Crippen molar-refractivity contribution >= 4 is 11.6 Å². The van der Waals surface area contributed by atoms with Gasteiger partial charge in [0.05, 0.1) is 5.02 Å². The van der Waals surface area contributed by atoms with Crippen LogP contribution in [0.15, 0.2) is 18.2 Å². The fraction of sp³-hybridized carbons (Fsp3) is 0.647. The van der Waals surface area contributed by atoms with Crippen LogP contribution >= 0.6 is 11.6 Å². The summed E-state index contributed by atoms with van der Waals surface area (Å²) in [4.78, 5) is 2.48. The third-order valence-electron chi connectivity index (χ3n) is 4.20. The molecule has 1 N–H and O–H groups in total. The van der Waals surface area contributed by atoms with Crippen molar-refractivity contribution in [3.63, 3.8) is 0 Å². The molecule has 1 fully saturated rings. The Kier molecular flexibility index (Phi) is 6.03. The first kappa shape index (κ1) is 16.7. The van der Waals surface area contributed by atoms with Crippen molar-refractivity contribution in [2.75, 3.05) is 13.1 Å². The zero-order chi connectivity index (χ0) is 15.4. The number of nitrogens with one attached hydrogen (secondary N) is 1. The van der Waals surface area contributed by atoms with E-state index in [0.717, 1.165) is 31.6 Å². The first-order valence-electron chi connectivity index (χ1n) is 7.87. The summed E-state index contributed by atoms with van der Waals surface area (Å²) in [6.45, 7) is 9.73. The quantitative estimate of drug-likeness (QED) is 0.901. The van der Waals surface area contributed by atoms with Crippen LogP contribution in [0.2, 0.25) is 5.02 Å². The summed E-state index contributed by atoms with van der Waals surface area (Å²) >= 11 is 5.89. The van der Waals surface area contributed by atoms with Crippen molar-refractivity contribution in [1.29, 1.82) is 0 Å². The molecule has 2 unspecified atom stereocenters. The molecule has 4 heteroatoms. The van der Waals surface area contributed by atoms with Crippen molar-refractivity contribution in [1.82, 2.24) is 10.2 Å². The third-order valence-corrected chi connectivity index (χ3v) is 4.49. The third kappa shape index (κ3) is 4.94. The molecule has 2 rings (SSSR count). The molecule has 0 aromatic heterocycles. The number of benzene rings is 1. The second kappa shape index (κ2) is 7.57. The first-order chi connectivity index (χ1) is 9.95. The molecule has 0 aliphatic carbocycles. The van der Waals surface area contributed by atoms with Gasteiger partial charge in [0.15, 0.2) is 0 Å². The highest BCUT2D eigenvalue weighted by atomic mass is 35.5. The lowest BCUT2D eigenvalue weighted by Crippen LogP contribution is -2.40. The van der Waals surface area contributed by atoms with Crippen LogP contribution in [0.4, 0.5) is 4.39 Å². The molecule has 1 aromatic carbocycles. The molecular weight excluding hydrogens is 287 g/mol. The van der Waals surface area contributed by atoms with Gasteiger partial charge in [0.25, 0.3) is 0 Å². The van der Waals surface area contributed by atoms with Gasteiger partial charge in [0.2, 0.25) is 0 Å². The van der Waals surface area contributed by atoms with Gasteiger partial charge < -0.3 is 5.32 Å². The summed E-state index contributed by atoms with van der Waals surface area (Å²) < 4.78 is 13.3. The first-order valence-corrected chi connectivity index (χ1v) is 8.25. The maximum atomic E-state index is 13.3. The lowest BCUT2D eigenvalue weighted by molar-refractivity contribution is 0.189. The van der Waals surface area contributed by atoms with Crippen molar-refractivity contribution in [2.45, 2.75) is 52.2 Å². The number of nitrogens with zero attached hydrogens (tertiary/aromatic N) is 1. The van der Waals surface area contributed by atoms with Gasteiger partial charge in [0, 0.05) is 25.2 Å². The Morgan fingerprint density at radius 3 is 2.86 bits per heavy atom. The smallest absolute Gasteiger partial charge is 0.141 e. The number of halogens is 2. The molecule has 1 aliphatic heterocycles. The minimum absolute atomic E-state index is 0.215. The summed E-state index contributed by atoms with van der Waals surface area (Å²) in [7, 11) is 0. The average Bonchev–Trinajstić information content (AvgIpc) is 2.56. The highest BCUT2D eigenvalue weighted by Gasteiger charge is 2.23. The van der Waals surface area contributed by atoms with E-state index >= 15 is 0 Å². The van der Waals surface area contributed by atoms with Crippen molar-refractivity contribution in [2.24, 2.45) is 5.92 Å². The van der Waals surface area contributed by atoms with E-state index < -0.39 is 0 Å². The molecule has 1 aliphatic rings. The lowest BCUT2D eigenvalue weighted by atomic mass is 10.0. The Balaban J connectivity index is 2.05. The number of hydrogen-bond acceptors (Lipinski definition) is 2. The summed E-state index contributed by atoms with van der Waals surface area (Å²) in [5, 5.41) is 3.87. The van der Waals surface area contributed by atoms with Crippen LogP contribution in [0.3, 0.4) is 0 Å². The fourth-order valence-corrected chi connectivity index (χ4v) is 3.23.